The van der Waals surface area contributed by atoms with E-state index in [0.29, 0.717) is 6.04 Å². The van der Waals surface area contributed by atoms with Gasteiger partial charge >= 0.3 is 0 Å². The van der Waals surface area contributed by atoms with E-state index in [9.17, 15) is 0 Å². The average Bonchev–Trinajstić information content (AvgIpc) is 2.30. The number of piperidine rings is 1. The van der Waals surface area contributed by atoms with Crippen LogP contribution in [-0.2, 0) is 0 Å². The highest BCUT2D eigenvalue weighted by Gasteiger charge is 2.13. The summed E-state index contributed by atoms with van der Waals surface area (Å²) in [6.45, 7) is 1.17. The fraction of sp³-hybridized carbons (Fsp3) is 0.538. The van der Waals surface area contributed by atoms with Gasteiger partial charge in [0.05, 0.1) is 0 Å². The molecule has 82 valence electrons. The van der Waals surface area contributed by atoms with Crippen LogP contribution in [0.1, 0.15) is 30.9 Å². The smallest absolute Gasteiger partial charge is 0.0361 e. The predicted octanol–water partition coefficient (Wildman–Crippen LogP) is 2.57. The lowest BCUT2D eigenvalue weighted by Crippen LogP contribution is -2.26. The fourth-order valence-corrected chi connectivity index (χ4v) is 2.14. The Morgan fingerprint density at radius 1 is 1.13 bits per heavy atom. The highest BCUT2D eigenvalue weighted by molar-refractivity contribution is 5.46. The molecule has 1 aliphatic heterocycles. The second kappa shape index (κ2) is 4.67. The summed E-state index contributed by atoms with van der Waals surface area (Å²) in [6, 6.07) is 9.48. The first-order valence-electron chi connectivity index (χ1n) is 5.78. The minimum Gasteiger partial charge on any atom is -0.378 e. The summed E-state index contributed by atoms with van der Waals surface area (Å²) < 4.78 is 0. The third kappa shape index (κ3) is 2.51. The summed E-state index contributed by atoms with van der Waals surface area (Å²) in [5.41, 5.74) is 2.70. The van der Waals surface area contributed by atoms with E-state index in [0.717, 1.165) is 0 Å². The van der Waals surface area contributed by atoms with E-state index < -0.39 is 0 Å². The zero-order valence-corrected chi connectivity index (χ0v) is 9.66. The molecule has 0 aromatic heterocycles. The first-order chi connectivity index (χ1) is 7.27. The molecule has 15 heavy (non-hydrogen) atoms. The van der Waals surface area contributed by atoms with Gasteiger partial charge in [0.15, 0.2) is 0 Å². The van der Waals surface area contributed by atoms with Crippen molar-refractivity contribution in [3.8, 4) is 0 Å². The molecule has 1 heterocycles. The van der Waals surface area contributed by atoms with Gasteiger partial charge in [0.25, 0.3) is 0 Å². The summed E-state index contributed by atoms with van der Waals surface area (Å²) in [5, 5.41) is 3.57. The van der Waals surface area contributed by atoms with Crippen LogP contribution >= 0.6 is 0 Å². The molecule has 1 N–H and O–H groups in total. The first-order valence-corrected chi connectivity index (χ1v) is 5.78. The van der Waals surface area contributed by atoms with Gasteiger partial charge in [-0.1, -0.05) is 18.6 Å². The van der Waals surface area contributed by atoms with E-state index in [2.05, 4.69) is 48.6 Å². The first kappa shape index (κ1) is 10.5. The SMILES string of the molecule is CN(C)c1ccc([C@H]2CCCCN2)cc1. The summed E-state index contributed by atoms with van der Waals surface area (Å²) in [4.78, 5) is 2.14. The molecule has 1 saturated heterocycles. The predicted molar refractivity (Wildman–Crippen MR) is 65.4 cm³/mol. The minimum absolute atomic E-state index is 0.579. The van der Waals surface area contributed by atoms with Crippen molar-refractivity contribution in [2.75, 3.05) is 25.5 Å². The minimum atomic E-state index is 0.579. The average molecular weight is 204 g/mol. The molecule has 0 unspecified atom stereocenters. The van der Waals surface area contributed by atoms with Gasteiger partial charge in [-0.3, -0.25) is 0 Å². The maximum Gasteiger partial charge on any atom is 0.0361 e. The van der Waals surface area contributed by atoms with Gasteiger partial charge in [0, 0.05) is 25.8 Å². The Bertz CT molecular complexity index is 297. The lowest BCUT2D eigenvalue weighted by molar-refractivity contribution is 0.412. The van der Waals surface area contributed by atoms with Gasteiger partial charge in [-0.05, 0) is 37.1 Å². The molecule has 0 saturated carbocycles. The van der Waals surface area contributed by atoms with Gasteiger partial charge in [-0.2, -0.15) is 0 Å². The van der Waals surface area contributed by atoms with Crippen molar-refractivity contribution in [3.05, 3.63) is 29.8 Å². The summed E-state index contributed by atoms with van der Waals surface area (Å²) in [6.07, 6.45) is 3.96. The van der Waals surface area contributed by atoms with Crippen molar-refractivity contribution < 1.29 is 0 Å². The monoisotopic (exact) mass is 204 g/mol. The van der Waals surface area contributed by atoms with Crippen molar-refractivity contribution in [1.29, 1.82) is 0 Å². The fourth-order valence-electron chi connectivity index (χ4n) is 2.14. The van der Waals surface area contributed by atoms with Crippen LogP contribution in [0.3, 0.4) is 0 Å². The Labute approximate surface area is 92.3 Å². The molecule has 1 aromatic carbocycles. The summed E-state index contributed by atoms with van der Waals surface area (Å²) in [7, 11) is 4.15. The van der Waals surface area contributed by atoms with E-state index in [1.54, 1.807) is 0 Å². The van der Waals surface area contributed by atoms with Crippen LogP contribution in [0, 0.1) is 0 Å². The molecule has 0 aliphatic carbocycles. The van der Waals surface area contributed by atoms with Crippen molar-refractivity contribution in [2.45, 2.75) is 25.3 Å². The van der Waals surface area contributed by atoms with E-state index in [4.69, 9.17) is 0 Å². The molecule has 1 aliphatic rings. The Balaban J connectivity index is 2.08. The lowest BCUT2D eigenvalue weighted by atomic mass is 9.97. The number of hydrogen-bond acceptors (Lipinski definition) is 2. The standard InChI is InChI=1S/C13H20N2/c1-15(2)12-8-6-11(7-9-12)13-5-3-4-10-14-13/h6-9,13-14H,3-5,10H2,1-2H3/t13-/m1/s1. The Morgan fingerprint density at radius 2 is 1.87 bits per heavy atom. The van der Waals surface area contributed by atoms with Crippen molar-refractivity contribution in [1.82, 2.24) is 5.32 Å². The van der Waals surface area contributed by atoms with Crippen LogP contribution < -0.4 is 10.2 Å². The maximum absolute atomic E-state index is 3.57. The van der Waals surface area contributed by atoms with Gasteiger partial charge in [0.2, 0.25) is 0 Å². The third-order valence-corrected chi connectivity index (χ3v) is 3.12. The van der Waals surface area contributed by atoms with Crippen molar-refractivity contribution in [2.24, 2.45) is 0 Å². The Morgan fingerprint density at radius 3 is 2.40 bits per heavy atom. The maximum atomic E-state index is 3.57. The quantitative estimate of drug-likeness (QED) is 0.796. The summed E-state index contributed by atoms with van der Waals surface area (Å²) >= 11 is 0. The van der Waals surface area contributed by atoms with E-state index in [1.165, 1.54) is 37.1 Å². The van der Waals surface area contributed by atoms with Crippen LogP contribution in [0.4, 0.5) is 5.69 Å². The van der Waals surface area contributed by atoms with E-state index in [1.807, 2.05) is 0 Å². The molecule has 0 bridgehead atoms. The molecule has 0 radical (unpaired) electrons. The number of rotatable bonds is 2. The van der Waals surface area contributed by atoms with Crippen molar-refractivity contribution in [3.63, 3.8) is 0 Å². The molecular weight excluding hydrogens is 184 g/mol. The number of nitrogens with zero attached hydrogens (tertiary/aromatic N) is 1. The second-order valence-corrected chi connectivity index (χ2v) is 4.49. The molecule has 2 heteroatoms. The topological polar surface area (TPSA) is 15.3 Å². The van der Waals surface area contributed by atoms with Crippen LogP contribution in [0.2, 0.25) is 0 Å². The van der Waals surface area contributed by atoms with Crippen LogP contribution in [0.25, 0.3) is 0 Å². The van der Waals surface area contributed by atoms with Crippen LogP contribution in [0.15, 0.2) is 24.3 Å². The highest BCUT2D eigenvalue weighted by Crippen LogP contribution is 2.24. The van der Waals surface area contributed by atoms with Gasteiger partial charge in [0.1, 0.15) is 0 Å². The van der Waals surface area contributed by atoms with Crippen LogP contribution in [-0.4, -0.2) is 20.6 Å². The Kier molecular flexibility index (Phi) is 3.27. The van der Waals surface area contributed by atoms with Crippen molar-refractivity contribution >= 4 is 5.69 Å². The van der Waals surface area contributed by atoms with E-state index in [-0.39, 0.29) is 0 Å². The second-order valence-electron chi connectivity index (χ2n) is 4.49. The number of nitrogens with one attached hydrogen (secondary N) is 1. The largest absolute Gasteiger partial charge is 0.378 e. The third-order valence-electron chi connectivity index (χ3n) is 3.12. The molecule has 1 aromatic rings. The number of anilines is 1. The highest BCUT2D eigenvalue weighted by atomic mass is 15.1. The molecule has 2 rings (SSSR count). The summed E-state index contributed by atoms with van der Waals surface area (Å²) in [5.74, 6) is 0. The molecule has 2 nitrogen and oxygen atoms in total. The van der Waals surface area contributed by atoms with Gasteiger partial charge in [-0.25, -0.2) is 0 Å². The molecule has 1 atom stereocenters. The van der Waals surface area contributed by atoms with Crippen LogP contribution in [0.5, 0.6) is 0 Å². The van der Waals surface area contributed by atoms with Gasteiger partial charge < -0.3 is 10.2 Å². The number of hydrogen-bond donors (Lipinski definition) is 1. The lowest BCUT2D eigenvalue weighted by Gasteiger charge is -2.24. The van der Waals surface area contributed by atoms with E-state index >= 15 is 0 Å². The van der Waals surface area contributed by atoms with Gasteiger partial charge in [-0.15, -0.1) is 0 Å². The molecular formula is C13H20N2. The Hall–Kier alpha value is -1.02. The normalized spacial score (nSPS) is 21.3. The zero-order valence-electron chi connectivity index (χ0n) is 9.66. The zero-order chi connectivity index (χ0) is 10.7. The molecule has 1 fully saturated rings. The molecule has 0 amide bonds. The molecule has 0 spiro atoms. The number of benzene rings is 1.